The van der Waals surface area contributed by atoms with Gasteiger partial charge in [-0.2, -0.15) is 0 Å². The Morgan fingerprint density at radius 3 is 2.54 bits per heavy atom. The number of aliphatic hydroxyl groups is 1. The van der Waals surface area contributed by atoms with Gasteiger partial charge in [0, 0.05) is 24.5 Å². The van der Waals surface area contributed by atoms with Gasteiger partial charge in [0.1, 0.15) is 11.6 Å². The molecule has 0 amide bonds. The van der Waals surface area contributed by atoms with E-state index in [0.29, 0.717) is 29.5 Å². The van der Waals surface area contributed by atoms with Crippen molar-refractivity contribution in [1.82, 2.24) is 4.98 Å². The summed E-state index contributed by atoms with van der Waals surface area (Å²) < 4.78 is 16.7. The van der Waals surface area contributed by atoms with Gasteiger partial charge in [-0.15, -0.1) is 0 Å². The third-order valence-corrected chi connectivity index (χ3v) is 7.81. The summed E-state index contributed by atoms with van der Waals surface area (Å²) in [5, 5.41) is 24.1. The summed E-state index contributed by atoms with van der Waals surface area (Å²) >= 11 is 0. The smallest absolute Gasteiger partial charge is 0.308 e. The maximum Gasteiger partial charge on any atom is 0.308 e. The van der Waals surface area contributed by atoms with Gasteiger partial charge in [-0.25, -0.2) is 4.98 Å². The molecule has 1 aliphatic carbocycles. The standard InChI is InChI=1S/C31H36N2O6/c1-5-18(15-34)12-20-13-21(37-4)7-8-22(20)28-29(31(35)36)27(19-6-10-24-25(14-19)39-16-38-24)23-9-11-26(32-17(2)3)33-30(23)28/h6-11,13-14,17-18,27-29,34H,5,12,15-16H2,1-4H3,(H,32,33)(H,35,36)/t18?,27-,28-,29+/m0/s1. The molecule has 4 atom stereocenters. The number of rotatable bonds is 10. The average molecular weight is 533 g/mol. The highest BCUT2D eigenvalue weighted by Gasteiger charge is 2.48. The number of hydrogen-bond donors (Lipinski definition) is 3. The van der Waals surface area contributed by atoms with Crippen molar-refractivity contribution in [3.63, 3.8) is 0 Å². The van der Waals surface area contributed by atoms with Crippen LogP contribution < -0.4 is 19.5 Å². The Kier molecular flexibility index (Phi) is 7.66. The van der Waals surface area contributed by atoms with Gasteiger partial charge < -0.3 is 29.7 Å². The zero-order chi connectivity index (χ0) is 27.7. The minimum Gasteiger partial charge on any atom is -0.497 e. The Morgan fingerprint density at radius 2 is 1.85 bits per heavy atom. The molecule has 0 saturated heterocycles. The average Bonchev–Trinajstić information content (AvgIpc) is 3.53. The van der Waals surface area contributed by atoms with Gasteiger partial charge in [-0.05, 0) is 78.8 Å². The number of methoxy groups -OCH3 is 1. The maximum atomic E-state index is 13.1. The number of anilines is 1. The first-order valence-electron chi connectivity index (χ1n) is 13.5. The van der Waals surface area contributed by atoms with Crippen molar-refractivity contribution < 1.29 is 29.2 Å². The van der Waals surface area contributed by atoms with E-state index in [1.807, 2.05) is 69.3 Å². The Morgan fingerprint density at radius 1 is 1.08 bits per heavy atom. The quantitative estimate of drug-likeness (QED) is 0.328. The highest BCUT2D eigenvalue weighted by Crippen LogP contribution is 2.54. The summed E-state index contributed by atoms with van der Waals surface area (Å²) in [5.41, 5.74) is 4.34. The Labute approximate surface area is 229 Å². The first kappa shape index (κ1) is 26.8. The van der Waals surface area contributed by atoms with Crippen LogP contribution in [0, 0.1) is 11.8 Å². The molecule has 1 aromatic heterocycles. The molecule has 8 heteroatoms. The number of ether oxygens (including phenoxy) is 3. The molecule has 206 valence electrons. The Balaban J connectivity index is 1.71. The number of nitrogens with zero attached hydrogens (tertiary/aromatic N) is 1. The molecule has 3 aromatic rings. The predicted molar refractivity (Wildman–Crippen MR) is 148 cm³/mol. The van der Waals surface area contributed by atoms with Gasteiger partial charge >= 0.3 is 5.97 Å². The van der Waals surface area contributed by atoms with E-state index < -0.39 is 23.7 Å². The highest BCUT2D eigenvalue weighted by molar-refractivity contribution is 5.78. The van der Waals surface area contributed by atoms with Crippen molar-refractivity contribution >= 4 is 11.8 Å². The molecule has 5 rings (SSSR count). The molecule has 0 radical (unpaired) electrons. The van der Waals surface area contributed by atoms with Gasteiger partial charge in [-0.1, -0.05) is 31.5 Å². The van der Waals surface area contributed by atoms with E-state index in [-0.39, 0.29) is 25.4 Å². The first-order chi connectivity index (χ1) is 18.8. The lowest BCUT2D eigenvalue weighted by atomic mass is 9.77. The predicted octanol–water partition coefficient (Wildman–Crippen LogP) is 5.18. The first-order valence-corrected chi connectivity index (χ1v) is 13.5. The second kappa shape index (κ2) is 11.1. The molecule has 1 unspecified atom stereocenters. The van der Waals surface area contributed by atoms with Crippen LogP contribution in [-0.2, 0) is 11.2 Å². The summed E-state index contributed by atoms with van der Waals surface area (Å²) in [6.45, 7) is 6.34. The molecule has 0 spiro atoms. The third kappa shape index (κ3) is 5.13. The minimum absolute atomic E-state index is 0.0477. The van der Waals surface area contributed by atoms with Crippen molar-refractivity contribution in [3.8, 4) is 17.2 Å². The molecular formula is C31H36N2O6. The van der Waals surface area contributed by atoms with Crippen LogP contribution in [0.3, 0.4) is 0 Å². The van der Waals surface area contributed by atoms with Crippen LogP contribution in [0.5, 0.6) is 17.2 Å². The van der Waals surface area contributed by atoms with E-state index in [1.165, 1.54) is 0 Å². The van der Waals surface area contributed by atoms with Gasteiger partial charge in [0.15, 0.2) is 11.5 Å². The lowest BCUT2D eigenvalue weighted by Crippen LogP contribution is -2.25. The SMILES string of the molecule is CCC(CO)Cc1cc(OC)ccc1[C@@H]1c2nc(NC(C)C)ccc2[C@H](c2ccc3c(c2)OCO3)[C@H]1C(=O)O. The molecule has 1 aliphatic heterocycles. The number of fused-ring (bicyclic) bond motifs is 2. The Bertz CT molecular complexity index is 1350. The molecule has 3 N–H and O–H groups in total. The number of aliphatic carboxylic acids is 1. The van der Waals surface area contributed by atoms with E-state index in [2.05, 4.69) is 5.32 Å². The van der Waals surface area contributed by atoms with Crippen LogP contribution in [0.25, 0.3) is 0 Å². The normalized spacial score (nSPS) is 20.1. The van der Waals surface area contributed by atoms with E-state index in [1.54, 1.807) is 7.11 Å². The number of hydrogen-bond acceptors (Lipinski definition) is 7. The number of aromatic nitrogens is 1. The Hall–Kier alpha value is -3.78. The summed E-state index contributed by atoms with van der Waals surface area (Å²) in [7, 11) is 1.62. The second-order valence-electron chi connectivity index (χ2n) is 10.6. The largest absolute Gasteiger partial charge is 0.497 e. The number of pyridine rings is 1. The summed E-state index contributed by atoms with van der Waals surface area (Å²) in [6.07, 6.45) is 1.41. The van der Waals surface area contributed by atoms with Crippen molar-refractivity contribution in [2.24, 2.45) is 11.8 Å². The van der Waals surface area contributed by atoms with Crippen molar-refractivity contribution in [2.45, 2.75) is 51.5 Å². The van der Waals surface area contributed by atoms with Crippen molar-refractivity contribution in [2.75, 3.05) is 25.8 Å². The fraction of sp³-hybridized carbons (Fsp3) is 0.419. The highest BCUT2D eigenvalue weighted by atomic mass is 16.7. The molecule has 8 nitrogen and oxygen atoms in total. The fourth-order valence-corrected chi connectivity index (χ4v) is 5.89. The minimum atomic E-state index is -0.894. The molecule has 39 heavy (non-hydrogen) atoms. The van der Waals surface area contributed by atoms with E-state index in [0.717, 1.165) is 34.4 Å². The second-order valence-corrected chi connectivity index (χ2v) is 10.6. The number of benzene rings is 2. The third-order valence-electron chi connectivity index (χ3n) is 7.81. The topological polar surface area (TPSA) is 110 Å². The van der Waals surface area contributed by atoms with E-state index in [4.69, 9.17) is 19.2 Å². The zero-order valence-electron chi connectivity index (χ0n) is 22.8. The van der Waals surface area contributed by atoms with Crippen LogP contribution in [0.2, 0.25) is 0 Å². The van der Waals surface area contributed by atoms with Crippen LogP contribution in [0.15, 0.2) is 48.5 Å². The molecule has 0 saturated carbocycles. The maximum absolute atomic E-state index is 13.1. The molecule has 0 fully saturated rings. The van der Waals surface area contributed by atoms with Crippen LogP contribution in [0.4, 0.5) is 5.82 Å². The van der Waals surface area contributed by atoms with Crippen LogP contribution in [-0.4, -0.2) is 47.7 Å². The molecular weight excluding hydrogens is 496 g/mol. The summed E-state index contributed by atoms with van der Waals surface area (Å²) in [6, 6.07) is 15.6. The van der Waals surface area contributed by atoms with Crippen LogP contribution >= 0.6 is 0 Å². The van der Waals surface area contributed by atoms with Gasteiger partial charge in [0.2, 0.25) is 6.79 Å². The van der Waals surface area contributed by atoms with Gasteiger partial charge in [0.05, 0.1) is 18.7 Å². The van der Waals surface area contributed by atoms with Crippen LogP contribution in [0.1, 0.15) is 67.0 Å². The monoisotopic (exact) mass is 532 g/mol. The number of aliphatic hydroxyl groups excluding tert-OH is 1. The fourth-order valence-electron chi connectivity index (χ4n) is 5.89. The van der Waals surface area contributed by atoms with Crippen molar-refractivity contribution in [3.05, 3.63) is 76.5 Å². The molecule has 2 aromatic carbocycles. The molecule has 2 heterocycles. The number of carboxylic acid groups (broad SMARTS) is 1. The summed E-state index contributed by atoms with van der Waals surface area (Å²) in [5.74, 6) is 0.0910. The number of nitrogens with one attached hydrogen (secondary N) is 1. The zero-order valence-corrected chi connectivity index (χ0v) is 22.8. The van der Waals surface area contributed by atoms with E-state index >= 15 is 0 Å². The summed E-state index contributed by atoms with van der Waals surface area (Å²) in [4.78, 5) is 18.2. The molecule has 0 bridgehead atoms. The van der Waals surface area contributed by atoms with Crippen molar-refractivity contribution in [1.29, 1.82) is 0 Å². The van der Waals surface area contributed by atoms with E-state index in [9.17, 15) is 15.0 Å². The van der Waals surface area contributed by atoms with Gasteiger partial charge in [-0.3, -0.25) is 4.79 Å². The number of carboxylic acids is 1. The number of carbonyl (C=O) groups is 1. The van der Waals surface area contributed by atoms with Gasteiger partial charge in [0.25, 0.3) is 0 Å². The lowest BCUT2D eigenvalue weighted by molar-refractivity contribution is -0.142. The molecule has 2 aliphatic rings. The lowest BCUT2D eigenvalue weighted by Gasteiger charge is -2.25.